The fourth-order valence-electron chi connectivity index (χ4n) is 1.30. The average Bonchev–Trinajstić information content (AvgIpc) is 2.50. The Bertz CT molecular complexity index is 233. The molecule has 0 fully saturated rings. The summed E-state index contributed by atoms with van der Waals surface area (Å²) in [6.45, 7) is 0.742. The maximum absolute atomic E-state index is 10.5. The lowest BCUT2D eigenvalue weighted by atomic mass is 10.3. The number of hydrogen-bond donors (Lipinski definition) is 3. The molecule has 8 nitrogen and oxygen atoms in total. The number of hydrogen-bond acceptors (Lipinski definition) is 8. The zero-order valence-corrected chi connectivity index (χ0v) is 11.8. The van der Waals surface area contributed by atoms with Gasteiger partial charge in [0.1, 0.15) is 6.10 Å². The summed E-state index contributed by atoms with van der Waals surface area (Å²) < 4.78 is 20.3. The van der Waals surface area contributed by atoms with E-state index in [4.69, 9.17) is 34.3 Å². The van der Waals surface area contributed by atoms with Gasteiger partial charge in [-0.3, -0.25) is 4.79 Å². The molecule has 0 bridgehead atoms. The Labute approximate surface area is 118 Å². The molecular formula is C12H24O8. The van der Waals surface area contributed by atoms with Gasteiger partial charge >= 0.3 is 0 Å². The highest BCUT2D eigenvalue weighted by Crippen LogP contribution is 2.06. The van der Waals surface area contributed by atoms with Crippen LogP contribution in [-0.2, 0) is 23.7 Å². The molecule has 20 heavy (non-hydrogen) atoms. The lowest BCUT2D eigenvalue weighted by Crippen LogP contribution is -2.36. The first-order chi connectivity index (χ1) is 9.64. The van der Waals surface area contributed by atoms with Crippen LogP contribution in [0.25, 0.3) is 0 Å². The molecule has 0 aromatic rings. The molecule has 8 heteroatoms. The second-order valence-corrected chi connectivity index (χ2v) is 3.98. The van der Waals surface area contributed by atoms with Crippen LogP contribution in [0, 0.1) is 0 Å². The first kappa shape index (κ1) is 19.4. The van der Waals surface area contributed by atoms with E-state index in [9.17, 15) is 4.79 Å². The van der Waals surface area contributed by atoms with Crippen LogP contribution in [0.1, 0.15) is 13.3 Å². The van der Waals surface area contributed by atoms with Crippen LogP contribution >= 0.6 is 0 Å². The Morgan fingerprint density at radius 3 is 2.10 bits per heavy atom. The summed E-state index contributed by atoms with van der Waals surface area (Å²) in [6, 6.07) is 0. The van der Waals surface area contributed by atoms with Crippen LogP contribution in [0.5, 0.6) is 0 Å². The zero-order valence-electron chi connectivity index (χ0n) is 11.8. The molecular weight excluding hydrogens is 272 g/mol. The third-order valence-electron chi connectivity index (χ3n) is 2.49. The Balaban J connectivity index is 4.20. The average molecular weight is 296 g/mol. The van der Waals surface area contributed by atoms with E-state index >= 15 is 0 Å². The van der Waals surface area contributed by atoms with Crippen molar-refractivity contribution in [2.45, 2.75) is 38.1 Å². The van der Waals surface area contributed by atoms with Crippen molar-refractivity contribution in [1.82, 2.24) is 0 Å². The Morgan fingerprint density at radius 2 is 1.70 bits per heavy atom. The fourth-order valence-corrected chi connectivity index (χ4v) is 1.30. The summed E-state index contributed by atoms with van der Waals surface area (Å²) >= 11 is 0. The monoisotopic (exact) mass is 296 g/mol. The van der Waals surface area contributed by atoms with Gasteiger partial charge in [-0.2, -0.15) is 0 Å². The van der Waals surface area contributed by atoms with Crippen molar-refractivity contribution in [3.63, 3.8) is 0 Å². The van der Waals surface area contributed by atoms with Crippen molar-refractivity contribution in [3.8, 4) is 0 Å². The summed E-state index contributed by atoms with van der Waals surface area (Å²) in [5.74, 6) is 0. The van der Waals surface area contributed by atoms with E-state index in [2.05, 4.69) is 0 Å². The summed E-state index contributed by atoms with van der Waals surface area (Å²) in [4.78, 5) is 10.5. The van der Waals surface area contributed by atoms with Crippen molar-refractivity contribution in [3.05, 3.63) is 0 Å². The van der Waals surface area contributed by atoms with E-state index in [0.717, 1.165) is 0 Å². The largest absolute Gasteiger partial charge is 0.394 e. The Morgan fingerprint density at radius 1 is 1.05 bits per heavy atom. The van der Waals surface area contributed by atoms with Gasteiger partial charge in [0, 0.05) is 7.11 Å². The van der Waals surface area contributed by atoms with Gasteiger partial charge in [0.15, 0.2) is 12.6 Å². The maximum Gasteiger partial charge on any atom is 0.214 e. The number of aldehydes is 1. The van der Waals surface area contributed by atoms with Crippen LogP contribution in [0.3, 0.4) is 0 Å². The van der Waals surface area contributed by atoms with E-state index in [1.807, 2.05) is 6.92 Å². The lowest BCUT2D eigenvalue weighted by molar-refractivity contribution is -0.224. The number of rotatable bonds is 13. The lowest BCUT2D eigenvalue weighted by Gasteiger charge is -2.24. The van der Waals surface area contributed by atoms with Gasteiger partial charge in [0.25, 0.3) is 0 Å². The van der Waals surface area contributed by atoms with E-state index in [0.29, 0.717) is 12.7 Å². The van der Waals surface area contributed by atoms with Crippen LogP contribution < -0.4 is 0 Å². The highest BCUT2D eigenvalue weighted by Gasteiger charge is 2.19. The smallest absolute Gasteiger partial charge is 0.214 e. The molecule has 0 amide bonds. The molecule has 4 unspecified atom stereocenters. The van der Waals surface area contributed by atoms with Crippen LogP contribution in [0.2, 0.25) is 0 Å². The zero-order chi connectivity index (χ0) is 15.4. The normalized spacial score (nSPS) is 17.4. The van der Waals surface area contributed by atoms with Gasteiger partial charge in [-0.05, 0) is 6.42 Å². The summed E-state index contributed by atoms with van der Waals surface area (Å²) in [7, 11) is 1.29. The van der Waals surface area contributed by atoms with Gasteiger partial charge in [-0.25, -0.2) is 0 Å². The van der Waals surface area contributed by atoms with Gasteiger partial charge in [-0.1, -0.05) is 6.92 Å². The Kier molecular flexibility index (Phi) is 11.8. The van der Waals surface area contributed by atoms with Crippen LogP contribution in [0.4, 0.5) is 0 Å². The molecule has 120 valence electrons. The highest BCUT2D eigenvalue weighted by molar-refractivity contribution is 5.53. The SMILES string of the molecule is CCC(CO)OC(CO)OCC(CO)OC(C=O)OC. The number of ether oxygens (including phenoxy) is 4. The second kappa shape index (κ2) is 12.2. The number of aliphatic hydroxyl groups is 3. The molecule has 0 aromatic carbocycles. The quantitative estimate of drug-likeness (QED) is 0.282. The van der Waals surface area contributed by atoms with E-state index < -0.39 is 31.4 Å². The van der Waals surface area contributed by atoms with Crippen LogP contribution in [-0.4, -0.2) is 79.9 Å². The molecule has 0 heterocycles. The van der Waals surface area contributed by atoms with Gasteiger partial charge in [0.2, 0.25) is 6.29 Å². The first-order valence-corrected chi connectivity index (χ1v) is 6.38. The second-order valence-electron chi connectivity index (χ2n) is 3.98. The molecule has 0 radical (unpaired) electrons. The van der Waals surface area contributed by atoms with E-state index in [-0.39, 0.29) is 19.8 Å². The van der Waals surface area contributed by atoms with Crippen molar-refractivity contribution in [1.29, 1.82) is 0 Å². The minimum Gasteiger partial charge on any atom is -0.394 e. The first-order valence-electron chi connectivity index (χ1n) is 6.38. The fraction of sp³-hybridized carbons (Fsp3) is 0.917. The van der Waals surface area contributed by atoms with Crippen molar-refractivity contribution in [2.24, 2.45) is 0 Å². The molecule has 4 atom stereocenters. The molecule has 0 aliphatic carbocycles. The Hall–Kier alpha value is -0.610. The molecule has 0 aliphatic rings. The molecule has 0 spiro atoms. The number of carbonyl (C=O) groups is 1. The van der Waals surface area contributed by atoms with E-state index in [1.165, 1.54) is 7.11 Å². The maximum atomic E-state index is 10.5. The number of aliphatic hydroxyl groups excluding tert-OH is 3. The predicted molar refractivity (Wildman–Crippen MR) is 67.9 cm³/mol. The third-order valence-corrected chi connectivity index (χ3v) is 2.49. The predicted octanol–water partition coefficient (Wildman–Crippen LogP) is -1.34. The van der Waals surface area contributed by atoms with E-state index in [1.54, 1.807) is 0 Å². The van der Waals surface area contributed by atoms with Gasteiger partial charge in [-0.15, -0.1) is 0 Å². The van der Waals surface area contributed by atoms with Gasteiger partial charge < -0.3 is 34.3 Å². The molecule has 0 aromatic heterocycles. The molecule has 0 aliphatic heterocycles. The molecule has 3 N–H and O–H groups in total. The summed E-state index contributed by atoms with van der Waals surface area (Å²) in [5, 5.41) is 27.2. The highest BCUT2D eigenvalue weighted by atomic mass is 16.7. The standard InChI is InChI=1S/C12H24O8/c1-3-9(4-13)19-12(7-16)18-8-10(5-14)20-11(6-15)17-2/h6,9-14,16H,3-5,7-8H2,1-2H3. The van der Waals surface area contributed by atoms with Crippen molar-refractivity contribution in [2.75, 3.05) is 33.5 Å². The number of methoxy groups -OCH3 is 1. The van der Waals surface area contributed by atoms with Crippen LogP contribution in [0.15, 0.2) is 0 Å². The number of carbonyl (C=O) groups excluding carboxylic acids is 1. The van der Waals surface area contributed by atoms with Crippen molar-refractivity contribution < 1.29 is 39.1 Å². The summed E-state index contributed by atoms with van der Waals surface area (Å²) in [6.07, 6.45) is -2.26. The minimum atomic E-state index is -1.09. The summed E-state index contributed by atoms with van der Waals surface area (Å²) in [5.41, 5.74) is 0. The van der Waals surface area contributed by atoms with Crippen molar-refractivity contribution >= 4 is 6.29 Å². The van der Waals surface area contributed by atoms with Gasteiger partial charge in [0.05, 0.1) is 32.5 Å². The third kappa shape index (κ3) is 7.85. The topological polar surface area (TPSA) is 115 Å². The molecule has 0 saturated heterocycles. The molecule has 0 rings (SSSR count). The molecule has 0 saturated carbocycles. The minimum absolute atomic E-state index is 0.0999.